The fourth-order valence-electron chi connectivity index (χ4n) is 1.85. The van der Waals surface area contributed by atoms with E-state index in [9.17, 15) is 4.39 Å². The third kappa shape index (κ3) is 2.33. The van der Waals surface area contributed by atoms with Gasteiger partial charge in [0.15, 0.2) is 0 Å². The van der Waals surface area contributed by atoms with E-state index in [4.69, 9.17) is 22.1 Å². The number of rotatable bonds is 3. The fourth-order valence-corrected chi connectivity index (χ4v) is 2.11. The van der Waals surface area contributed by atoms with Gasteiger partial charge in [-0.2, -0.15) is 0 Å². The molecule has 0 fully saturated rings. The molecule has 0 amide bonds. The topological polar surface area (TPSA) is 35.2 Å². The molecule has 2 N–H and O–H groups in total. The zero-order chi connectivity index (χ0) is 13.1. The van der Waals surface area contributed by atoms with Crippen molar-refractivity contribution >= 4 is 11.6 Å². The average Bonchev–Trinajstić information content (AvgIpc) is 2.38. The van der Waals surface area contributed by atoms with Gasteiger partial charge in [0.2, 0.25) is 0 Å². The molecule has 0 bridgehead atoms. The normalized spacial score (nSPS) is 10.4. The Labute approximate surface area is 110 Å². The van der Waals surface area contributed by atoms with Crippen LogP contribution in [0, 0.1) is 5.82 Å². The first-order valence-electron chi connectivity index (χ1n) is 5.48. The molecule has 0 aliphatic heterocycles. The standard InChI is InChI=1S/C14H13ClFNO/c1-18-10-6-5-9(8-17)11(7-10)14-12(15)3-2-4-13(14)16/h2-7H,8,17H2,1H3. The molecule has 2 rings (SSSR count). The van der Waals surface area contributed by atoms with Crippen LogP contribution in [0.25, 0.3) is 11.1 Å². The van der Waals surface area contributed by atoms with Crippen molar-refractivity contribution in [2.75, 3.05) is 7.11 Å². The molecule has 0 heterocycles. The van der Waals surface area contributed by atoms with Gasteiger partial charge in [-0.1, -0.05) is 23.7 Å². The van der Waals surface area contributed by atoms with Gasteiger partial charge >= 0.3 is 0 Å². The first-order chi connectivity index (χ1) is 8.67. The summed E-state index contributed by atoms with van der Waals surface area (Å²) in [6.45, 7) is 0.310. The molecule has 0 atom stereocenters. The van der Waals surface area contributed by atoms with Crippen LogP contribution in [0.3, 0.4) is 0 Å². The summed E-state index contributed by atoms with van der Waals surface area (Å²) in [6.07, 6.45) is 0. The zero-order valence-corrected chi connectivity index (χ0v) is 10.7. The minimum Gasteiger partial charge on any atom is -0.497 e. The van der Waals surface area contributed by atoms with Crippen molar-refractivity contribution in [2.24, 2.45) is 5.73 Å². The maximum atomic E-state index is 13.9. The third-order valence-electron chi connectivity index (χ3n) is 2.77. The van der Waals surface area contributed by atoms with Crippen LogP contribution in [0.2, 0.25) is 5.02 Å². The smallest absolute Gasteiger partial charge is 0.132 e. The van der Waals surface area contributed by atoms with Crippen LogP contribution in [-0.4, -0.2) is 7.11 Å². The molecule has 0 saturated carbocycles. The van der Waals surface area contributed by atoms with Crippen LogP contribution in [-0.2, 0) is 6.54 Å². The van der Waals surface area contributed by atoms with Gasteiger partial charge in [-0.15, -0.1) is 0 Å². The van der Waals surface area contributed by atoms with E-state index in [1.54, 1.807) is 31.4 Å². The highest BCUT2D eigenvalue weighted by atomic mass is 35.5. The molecular formula is C14H13ClFNO. The number of hydrogen-bond acceptors (Lipinski definition) is 2. The fraction of sp³-hybridized carbons (Fsp3) is 0.143. The van der Waals surface area contributed by atoms with Gasteiger partial charge in [0.25, 0.3) is 0 Å². The molecule has 0 aliphatic carbocycles. The lowest BCUT2D eigenvalue weighted by Gasteiger charge is -2.12. The van der Waals surface area contributed by atoms with Gasteiger partial charge in [0.1, 0.15) is 11.6 Å². The van der Waals surface area contributed by atoms with Gasteiger partial charge in [0.05, 0.1) is 12.1 Å². The highest BCUT2D eigenvalue weighted by molar-refractivity contribution is 6.33. The molecule has 0 unspecified atom stereocenters. The molecule has 0 saturated heterocycles. The number of ether oxygens (including phenoxy) is 1. The molecule has 94 valence electrons. The minimum atomic E-state index is -0.370. The van der Waals surface area contributed by atoms with Crippen molar-refractivity contribution in [2.45, 2.75) is 6.54 Å². The summed E-state index contributed by atoms with van der Waals surface area (Å²) in [5, 5.41) is 0.359. The molecule has 0 spiro atoms. The quantitative estimate of drug-likeness (QED) is 0.920. The molecule has 2 aromatic carbocycles. The molecule has 4 heteroatoms. The molecular weight excluding hydrogens is 253 g/mol. The summed E-state index contributed by atoms with van der Waals surface area (Å²) in [4.78, 5) is 0. The summed E-state index contributed by atoms with van der Waals surface area (Å²) in [5.74, 6) is 0.270. The van der Waals surface area contributed by atoms with Gasteiger partial charge < -0.3 is 10.5 Å². The Kier molecular flexibility index (Phi) is 3.84. The largest absolute Gasteiger partial charge is 0.497 e. The highest BCUT2D eigenvalue weighted by Gasteiger charge is 2.13. The maximum Gasteiger partial charge on any atom is 0.132 e. The van der Waals surface area contributed by atoms with Crippen molar-refractivity contribution in [3.8, 4) is 16.9 Å². The lowest BCUT2D eigenvalue weighted by atomic mass is 9.98. The Balaban J connectivity index is 2.68. The van der Waals surface area contributed by atoms with Crippen LogP contribution in [0.5, 0.6) is 5.75 Å². The minimum absolute atomic E-state index is 0.310. The summed E-state index contributed by atoms with van der Waals surface area (Å²) in [5.41, 5.74) is 7.52. The Morgan fingerprint density at radius 3 is 2.67 bits per heavy atom. The summed E-state index contributed by atoms with van der Waals surface area (Å²) < 4.78 is 19.1. The predicted octanol–water partition coefficient (Wildman–Crippen LogP) is 3.61. The molecule has 0 aromatic heterocycles. The van der Waals surface area contributed by atoms with Crippen LogP contribution in [0.15, 0.2) is 36.4 Å². The van der Waals surface area contributed by atoms with Crippen LogP contribution >= 0.6 is 11.6 Å². The number of benzene rings is 2. The van der Waals surface area contributed by atoms with Crippen LogP contribution < -0.4 is 10.5 Å². The van der Waals surface area contributed by atoms with E-state index in [1.807, 2.05) is 6.07 Å². The third-order valence-corrected chi connectivity index (χ3v) is 3.08. The molecule has 2 nitrogen and oxygen atoms in total. The van der Waals surface area contributed by atoms with Crippen molar-refractivity contribution in [3.63, 3.8) is 0 Å². The SMILES string of the molecule is COc1ccc(CN)c(-c2c(F)cccc2Cl)c1. The zero-order valence-electron chi connectivity index (χ0n) is 9.91. The van der Waals surface area contributed by atoms with E-state index in [1.165, 1.54) is 6.07 Å². The first-order valence-corrected chi connectivity index (χ1v) is 5.86. The Hall–Kier alpha value is -1.58. The number of hydrogen-bond donors (Lipinski definition) is 1. The van der Waals surface area contributed by atoms with E-state index >= 15 is 0 Å². The van der Waals surface area contributed by atoms with Gasteiger partial charge in [-0.3, -0.25) is 0 Å². The van der Waals surface area contributed by atoms with Crippen molar-refractivity contribution in [1.82, 2.24) is 0 Å². The monoisotopic (exact) mass is 265 g/mol. The van der Waals surface area contributed by atoms with Crippen molar-refractivity contribution in [3.05, 3.63) is 52.8 Å². The lowest BCUT2D eigenvalue weighted by molar-refractivity contribution is 0.415. The molecule has 0 radical (unpaired) electrons. The van der Waals surface area contributed by atoms with Gasteiger partial charge in [-0.05, 0) is 35.4 Å². The van der Waals surface area contributed by atoms with Crippen LogP contribution in [0.1, 0.15) is 5.56 Å². The van der Waals surface area contributed by atoms with E-state index < -0.39 is 0 Å². The van der Waals surface area contributed by atoms with Gasteiger partial charge in [-0.25, -0.2) is 4.39 Å². The number of halogens is 2. The second-order valence-electron chi connectivity index (χ2n) is 3.82. The van der Waals surface area contributed by atoms with E-state index in [-0.39, 0.29) is 5.82 Å². The Bertz CT molecular complexity index is 551. The number of nitrogens with two attached hydrogens (primary N) is 1. The van der Waals surface area contributed by atoms with Crippen molar-refractivity contribution < 1.29 is 9.13 Å². The van der Waals surface area contributed by atoms with E-state index in [0.717, 1.165) is 5.56 Å². The van der Waals surface area contributed by atoms with Gasteiger partial charge in [0, 0.05) is 12.1 Å². The van der Waals surface area contributed by atoms with Crippen molar-refractivity contribution in [1.29, 1.82) is 0 Å². The maximum absolute atomic E-state index is 13.9. The predicted molar refractivity (Wildman–Crippen MR) is 71.3 cm³/mol. The van der Waals surface area contributed by atoms with E-state index in [2.05, 4.69) is 0 Å². The average molecular weight is 266 g/mol. The summed E-state index contributed by atoms with van der Waals surface area (Å²) in [6, 6.07) is 9.95. The molecule has 0 aliphatic rings. The van der Waals surface area contributed by atoms with Crippen LogP contribution in [0.4, 0.5) is 4.39 Å². The Morgan fingerprint density at radius 1 is 1.28 bits per heavy atom. The Morgan fingerprint density at radius 2 is 2.06 bits per heavy atom. The number of methoxy groups -OCH3 is 1. The second kappa shape index (κ2) is 5.38. The first kappa shape index (κ1) is 12.9. The summed E-state index contributed by atoms with van der Waals surface area (Å²) >= 11 is 6.07. The molecule has 18 heavy (non-hydrogen) atoms. The molecule has 2 aromatic rings. The lowest BCUT2D eigenvalue weighted by Crippen LogP contribution is -2.00. The van der Waals surface area contributed by atoms with E-state index in [0.29, 0.717) is 28.4 Å². The second-order valence-corrected chi connectivity index (χ2v) is 4.23. The highest BCUT2D eigenvalue weighted by Crippen LogP contribution is 2.34. The summed E-state index contributed by atoms with van der Waals surface area (Å²) in [7, 11) is 1.56.